The predicted octanol–water partition coefficient (Wildman–Crippen LogP) is 1.93. The van der Waals surface area contributed by atoms with Crippen molar-refractivity contribution in [2.75, 3.05) is 18.1 Å². The minimum Gasteiger partial charge on any atom is -0.367 e. The largest absolute Gasteiger partial charge is 0.367 e. The molecule has 0 aromatic carbocycles. The van der Waals surface area contributed by atoms with Gasteiger partial charge in [0.2, 0.25) is 0 Å². The Morgan fingerprint density at radius 3 is 2.89 bits per heavy atom. The Kier molecular flexibility index (Phi) is 5.64. The van der Waals surface area contributed by atoms with Gasteiger partial charge in [-0.2, -0.15) is 0 Å². The average molecular weight is 266 g/mol. The lowest BCUT2D eigenvalue weighted by atomic mass is 10.2. The number of thioether (sulfide) groups is 1. The zero-order valence-electron chi connectivity index (χ0n) is 10.9. The summed E-state index contributed by atoms with van der Waals surface area (Å²) >= 11 is 1.44. The molecular weight excluding hydrogens is 248 g/mol. The third kappa shape index (κ3) is 4.03. The molecule has 0 bridgehead atoms. The van der Waals surface area contributed by atoms with E-state index in [0.29, 0.717) is 23.1 Å². The van der Waals surface area contributed by atoms with Crippen molar-refractivity contribution in [3.05, 3.63) is 24.4 Å². The average Bonchev–Trinajstić information content (AvgIpc) is 2.35. The molecule has 1 aromatic rings. The molecule has 0 saturated heterocycles. The lowest BCUT2D eigenvalue weighted by molar-refractivity contribution is 0.0958. The molecule has 0 spiro atoms. The number of hydrogen-bond acceptors (Lipinski definition) is 5. The van der Waals surface area contributed by atoms with Gasteiger partial charge in [-0.3, -0.25) is 4.79 Å². The van der Waals surface area contributed by atoms with Crippen LogP contribution in [0.3, 0.4) is 0 Å². The van der Waals surface area contributed by atoms with Crippen LogP contribution in [-0.2, 0) is 0 Å². The van der Waals surface area contributed by atoms with Gasteiger partial charge in [0, 0.05) is 18.8 Å². The van der Waals surface area contributed by atoms with E-state index in [1.807, 2.05) is 20.1 Å². The quantitative estimate of drug-likeness (QED) is 0.468. The standard InChI is InChI=1S/C12H18N4OS/c1-5-6-13-11(17)9-7-14-12(18-4)16-10(9)15-8(2)3/h5,7-8H,1,6H2,2-4H3,(H,13,17)(H,14,15,16). The lowest BCUT2D eigenvalue weighted by Crippen LogP contribution is -2.26. The zero-order valence-corrected chi connectivity index (χ0v) is 11.7. The van der Waals surface area contributed by atoms with Crippen LogP contribution < -0.4 is 10.6 Å². The summed E-state index contributed by atoms with van der Waals surface area (Å²) in [4.78, 5) is 20.4. The Balaban J connectivity index is 3.00. The SMILES string of the molecule is C=CCNC(=O)c1cnc(SC)nc1NC(C)C. The second-order valence-corrected chi connectivity index (χ2v) is 4.69. The number of carbonyl (C=O) groups excluding carboxylic acids is 1. The van der Waals surface area contributed by atoms with Crippen LogP contribution in [0.5, 0.6) is 0 Å². The molecule has 5 nitrogen and oxygen atoms in total. The molecule has 2 N–H and O–H groups in total. The maximum Gasteiger partial charge on any atom is 0.256 e. The zero-order chi connectivity index (χ0) is 13.5. The van der Waals surface area contributed by atoms with Gasteiger partial charge in [-0.15, -0.1) is 6.58 Å². The smallest absolute Gasteiger partial charge is 0.256 e. The number of hydrogen-bond donors (Lipinski definition) is 2. The predicted molar refractivity (Wildman–Crippen MR) is 75.1 cm³/mol. The van der Waals surface area contributed by atoms with Crippen LogP contribution in [0, 0.1) is 0 Å². The molecule has 1 aromatic heterocycles. The first-order chi connectivity index (χ1) is 8.58. The van der Waals surface area contributed by atoms with Crippen molar-refractivity contribution in [1.29, 1.82) is 0 Å². The Morgan fingerprint density at radius 1 is 1.61 bits per heavy atom. The normalized spacial score (nSPS) is 10.2. The van der Waals surface area contributed by atoms with E-state index in [9.17, 15) is 4.79 Å². The van der Waals surface area contributed by atoms with Crippen LogP contribution >= 0.6 is 11.8 Å². The molecule has 18 heavy (non-hydrogen) atoms. The third-order valence-electron chi connectivity index (χ3n) is 2.03. The Morgan fingerprint density at radius 2 is 2.33 bits per heavy atom. The minimum atomic E-state index is -0.203. The highest BCUT2D eigenvalue weighted by Crippen LogP contribution is 2.17. The molecule has 0 aliphatic rings. The molecule has 0 radical (unpaired) electrons. The van der Waals surface area contributed by atoms with Crippen LogP contribution in [-0.4, -0.2) is 34.7 Å². The van der Waals surface area contributed by atoms with Crippen molar-refractivity contribution in [3.8, 4) is 0 Å². The monoisotopic (exact) mass is 266 g/mol. The number of amides is 1. The van der Waals surface area contributed by atoms with Crippen LogP contribution in [0.15, 0.2) is 24.0 Å². The number of nitrogens with zero attached hydrogens (tertiary/aromatic N) is 2. The highest BCUT2D eigenvalue weighted by molar-refractivity contribution is 7.98. The first-order valence-electron chi connectivity index (χ1n) is 5.65. The maximum absolute atomic E-state index is 11.9. The Bertz CT molecular complexity index is 434. The second-order valence-electron chi connectivity index (χ2n) is 3.92. The first kappa shape index (κ1) is 14.5. The molecule has 0 aliphatic heterocycles. The number of rotatable bonds is 6. The number of carbonyl (C=O) groups is 1. The van der Waals surface area contributed by atoms with Crippen LogP contribution in [0.4, 0.5) is 5.82 Å². The van der Waals surface area contributed by atoms with Gasteiger partial charge in [0.25, 0.3) is 5.91 Å². The van der Waals surface area contributed by atoms with Crippen molar-refractivity contribution in [3.63, 3.8) is 0 Å². The van der Waals surface area contributed by atoms with Gasteiger partial charge < -0.3 is 10.6 Å². The van der Waals surface area contributed by atoms with E-state index in [1.54, 1.807) is 12.3 Å². The van der Waals surface area contributed by atoms with Gasteiger partial charge in [0.05, 0.1) is 0 Å². The molecule has 98 valence electrons. The van der Waals surface area contributed by atoms with Crippen LogP contribution in [0.2, 0.25) is 0 Å². The summed E-state index contributed by atoms with van der Waals surface area (Å²) in [6.07, 6.45) is 5.07. The molecule has 0 aliphatic carbocycles. The van der Waals surface area contributed by atoms with Crippen LogP contribution in [0.1, 0.15) is 24.2 Å². The van der Waals surface area contributed by atoms with E-state index in [-0.39, 0.29) is 11.9 Å². The van der Waals surface area contributed by atoms with E-state index in [2.05, 4.69) is 27.2 Å². The summed E-state index contributed by atoms with van der Waals surface area (Å²) in [6.45, 7) is 7.97. The fourth-order valence-corrected chi connectivity index (χ4v) is 1.61. The number of anilines is 1. The molecule has 1 rings (SSSR count). The molecule has 0 saturated carbocycles. The molecule has 0 atom stereocenters. The summed E-state index contributed by atoms with van der Waals surface area (Å²) < 4.78 is 0. The molecule has 1 amide bonds. The van der Waals surface area contributed by atoms with Crippen molar-refractivity contribution >= 4 is 23.5 Å². The van der Waals surface area contributed by atoms with Gasteiger partial charge in [-0.05, 0) is 20.1 Å². The summed E-state index contributed by atoms with van der Waals surface area (Å²) in [6, 6.07) is 0.195. The van der Waals surface area contributed by atoms with E-state index < -0.39 is 0 Å². The molecule has 6 heteroatoms. The lowest BCUT2D eigenvalue weighted by Gasteiger charge is -2.13. The Hall–Kier alpha value is -1.56. The van der Waals surface area contributed by atoms with Gasteiger partial charge in [-0.1, -0.05) is 17.8 Å². The highest BCUT2D eigenvalue weighted by Gasteiger charge is 2.14. The third-order valence-corrected chi connectivity index (χ3v) is 2.59. The van der Waals surface area contributed by atoms with Gasteiger partial charge in [0.15, 0.2) is 5.16 Å². The van der Waals surface area contributed by atoms with E-state index in [4.69, 9.17) is 0 Å². The summed E-state index contributed by atoms with van der Waals surface area (Å²) in [5, 5.41) is 6.51. The molecule has 1 heterocycles. The van der Waals surface area contributed by atoms with Crippen molar-refractivity contribution in [2.24, 2.45) is 0 Å². The summed E-state index contributed by atoms with van der Waals surface area (Å²) in [5.74, 6) is 0.358. The molecular formula is C12H18N4OS. The summed E-state index contributed by atoms with van der Waals surface area (Å²) in [7, 11) is 0. The number of nitrogens with one attached hydrogen (secondary N) is 2. The van der Waals surface area contributed by atoms with Crippen molar-refractivity contribution < 1.29 is 4.79 Å². The fraction of sp³-hybridized carbons (Fsp3) is 0.417. The fourth-order valence-electron chi connectivity index (χ4n) is 1.27. The van der Waals surface area contributed by atoms with Crippen LogP contribution in [0.25, 0.3) is 0 Å². The first-order valence-corrected chi connectivity index (χ1v) is 6.87. The summed E-state index contributed by atoms with van der Waals surface area (Å²) in [5.41, 5.74) is 0.448. The van der Waals surface area contributed by atoms with E-state index >= 15 is 0 Å². The van der Waals surface area contributed by atoms with Gasteiger partial charge in [-0.25, -0.2) is 9.97 Å². The Labute approximate surface area is 111 Å². The van der Waals surface area contributed by atoms with Gasteiger partial charge in [0.1, 0.15) is 11.4 Å². The van der Waals surface area contributed by atoms with Crippen molar-refractivity contribution in [2.45, 2.75) is 25.0 Å². The van der Waals surface area contributed by atoms with E-state index in [0.717, 1.165) is 0 Å². The molecule has 0 fully saturated rings. The van der Waals surface area contributed by atoms with Gasteiger partial charge >= 0.3 is 0 Å². The maximum atomic E-state index is 11.9. The number of aromatic nitrogens is 2. The topological polar surface area (TPSA) is 66.9 Å². The molecule has 0 unspecified atom stereocenters. The van der Waals surface area contributed by atoms with E-state index in [1.165, 1.54) is 11.8 Å². The van der Waals surface area contributed by atoms with Crippen molar-refractivity contribution in [1.82, 2.24) is 15.3 Å². The second kappa shape index (κ2) is 7.00. The minimum absolute atomic E-state index is 0.195. The highest BCUT2D eigenvalue weighted by atomic mass is 32.2.